The largest absolute Gasteiger partial charge is 0.494 e. The molecule has 20 heavy (non-hydrogen) atoms. The quantitative estimate of drug-likeness (QED) is 0.684. The highest BCUT2D eigenvalue weighted by molar-refractivity contribution is 5.20. The van der Waals surface area contributed by atoms with E-state index in [0.717, 1.165) is 19.3 Å². The molecule has 114 valence electrons. The first-order valence-corrected chi connectivity index (χ1v) is 7.60. The smallest absolute Gasteiger partial charge is 0.331 e. The van der Waals surface area contributed by atoms with Crippen LogP contribution in [0.15, 0.2) is 9.59 Å². The van der Waals surface area contributed by atoms with Gasteiger partial charge in [-0.1, -0.05) is 51.9 Å². The number of unbranched alkanes of at least 4 members (excludes halogenated alkanes) is 7. The van der Waals surface area contributed by atoms with Crippen molar-refractivity contribution < 1.29 is 5.11 Å². The van der Waals surface area contributed by atoms with Gasteiger partial charge in [0.2, 0.25) is 5.88 Å². The van der Waals surface area contributed by atoms with Gasteiger partial charge in [-0.3, -0.25) is 14.3 Å². The minimum absolute atomic E-state index is 0.198. The molecule has 0 atom stereocenters. The summed E-state index contributed by atoms with van der Waals surface area (Å²) in [5.74, 6) is -0.207. The SMILES string of the molecule is CCCCCCCCCCn1c(O)c(C)c(=O)[nH]c1=O. The highest BCUT2D eigenvalue weighted by Crippen LogP contribution is 2.12. The molecule has 0 aliphatic carbocycles. The lowest BCUT2D eigenvalue weighted by Crippen LogP contribution is -2.31. The topological polar surface area (TPSA) is 75.1 Å². The molecular formula is C15H26N2O3. The van der Waals surface area contributed by atoms with Gasteiger partial charge in [-0.25, -0.2) is 4.79 Å². The second-order valence-electron chi connectivity index (χ2n) is 5.33. The van der Waals surface area contributed by atoms with Crippen LogP contribution in [0, 0.1) is 6.92 Å². The summed E-state index contributed by atoms with van der Waals surface area (Å²) < 4.78 is 1.24. The van der Waals surface area contributed by atoms with Crippen molar-refractivity contribution in [3.63, 3.8) is 0 Å². The van der Waals surface area contributed by atoms with Crippen LogP contribution in [0.5, 0.6) is 5.88 Å². The highest BCUT2D eigenvalue weighted by atomic mass is 16.3. The molecule has 0 aromatic carbocycles. The summed E-state index contributed by atoms with van der Waals surface area (Å²) in [7, 11) is 0. The Kier molecular flexibility index (Phi) is 7.12. The highest BCUT2D eigenvalue weighted by Gasteiger charge is 2.09. The predicted octanol–water partition coefficient (Wildman–Crippen LogP) is 2.69. The number of hydrogen-bond donors (Lipinski definition) is 2. The molecular weight excluding hydrogens is 256 g/mol. The van der Waals surface area contributed by atoms with Gasteiger partial charge in [0.05, 0.1) is 5.56 Å². The number of hydrogen-bond acceptors (Lipinski definition) is 3. The van der Waals surface area contributed by atoms with E-state index in [1.165, 1.54) is 43.6 Å². The molecule has 1 aromatic heterocycles. The molecule has 2 N–H and O–H groups in total. The third-order valence-electron chi connectivity index (χ3n) is 3.63. The summed E-state index contributed by atoms with van der Waals surface area (Å²) in [5.41, 5.74) is -0.843. The summed E-state index contributed by atoms with van der Waals surface area (Å²) in [5, 5.41) is 9.80. The number of nitrogens with one attached hydrogen (secondary N) is 1. The molecule has 1 rings (SSSR count). The minimum atomic E-state index is -0.527. The average molecular weight is 282 g/mol. The Morgan fingerprint density at radius 1 is 1.00 bits per heavy atom. The molecule has 0 saturated carbocycles. The van der Waals surface area contributed by atoms with Crippen molar-refractivity contribution in [2.24, 2.45) is 0 Å². The molecule has 1 aromatic rings. The van der Waals surface area contributed by atoms with Crippen LogP contribution < -0.4 is 11.2 Å². The Balaban J connectivity index is 2.35. The Morgan fingerprint density at radius 2 is 1.55 bits per heavy atom. The van der Waals surface area contributed by atoms with Crippen LogP contribution >= 0.6 is 0 Å². The third kappa shape index (κ3) is 4.87. The molecule has 5 nitrogen and oxygen atoms in total. The molecule has 0 unspecified atom stereocenters. The van der Waals surface area contributed by atoms with Crippen LogP contribution in [0.3, 0.4) is 0 Å². The van der Waals surface area contributed by atoms with E-state index in [4.69, 9.17) is 0 Å². The first-order valence-electron chi connectivity index (χ1n) is 7.60. The van der Waals surface area contributed by atoms with E-state index in [2.05, 4.69) is 11.9 Å². The molecule has 0 fully saturated rings. The number of aromatic nitrogens is 2. The number of H-pyrrole nitrogens is 1. The number of aromatic amines is 1. The Labute approximate surface area is 119 Å². The second-order valence-corrected chi connectivity index (χ2v) is 5.33. The van der Waals surface area contributed by atoms with Gasteiger partial charge in [0.15, 0.2) is 0 Å². The molecule has 0 amide bonds. The molecule has 5 heteroatoms. The van der Waals surface area contributed by atoms with Crippen molar-refractivity contribution in [2.45, 2.75) is 71.8 Å². The molecule has 0 aliphatic heterocycles. The molecule has 0 aliphatic rings. The first kappa shape index (κ1) is 16.5. The van der Waals surface area contributed by atoms with Gasteiger partial charge in [-0.2, -0.15) is 0 Å². The fraction of sp³-hybridized carbons (Fsp3) is 0.733. The van der Waals surface area contributed by atoms with E-state index >= 15 is 0 Å². The second kappa shape index (κ2) is 8.61. The van der Waals surface area contributed by atoms with Crippen LogP contribution in [0.1, 0.15) is 63.9 Å². The van der Waals surface area contributed by atoms with Gasteiger partial charge < -0.3 is 5.11 Å². The fourth-order valence-electron chi connectivity index (χ4n) is 2.27. The lowest BCUT2D eigenvalue weighted by Gasteiger charge is -2.09. The minimum Gasteiger partial charge on any atom is -0.494 e. The fourth-order valence-corrected chi connectivity index (χ4v) is 2.27. The van der Waals surface area contributed by atoms with Crippen molar-refractivity contribution in [3.8, 4) is 5.88 Å². The van der Waals surface area contributed by atoms with Crippen LogP contribution in [0.25, 0.3) is 0 Å². The van der Waals surface area contributed by atoms with Crippen LogP contribution in [0.4, 0.5) is 0 Å². The van der Waals surface area contributed by atoms with Crippen molar-refractivity contribution in [3.05, 3.63) is 26.4 Å². The molecule has 0 radical (unpaired) electrons. The standard InChI is InChI=1S/C15H26N2O3/c1-3-4-5-6-7-8-9-10-11-17-14(19)12(2)13(18)16-15(17)20/h19H,3-11H2,1-2H3,(H,16,18,20). The summed E-state index contributed by atoms with van der Waals surface area (Å²) in [6.45, 7) is 4.17. The van der Waals surface area contributed by atoms with E-state index in [1.54, 1.807) is 0 Å². The van der Waals surface area contributed by atoms with E-state index in [0.29, 0.717) is 6.54 Å². The molecule has 0 spiro atoms. The van der Waals surface area contributed by atoms with Crippen LogP contribution in [-0.4, -0.2) is 14.7 Å². The third-order valence-corrected chi connectivity index (χ3v) is 3.63. The number of rotatable bonds is 9. The van der Waals surface area contributed by atoms with Crippen molar-refractivity contribution in [1.82, 2.24) is 9.55 Å². The van der Waals surface area contributed by atoms with Crippen LogP contribution in [0.2, 0.25) is 0 Å². The summed E-state index contributed by atoms with van der Waals surface area (Å²) >= 11 is 0. The number of aromatic hydroxyl groups is 1. The van der Waals surface area contributed by atoms with Crippen molar-refractivity contribution in [2.75, 3.05) is 0 Å². The van der Waals surface area contributed by atoms with Gasteiger partial charge in [-0.15, -0.1) is 0 Å². The predicted molar refractivity (Wildman–Crippen MR) is 80.3 cm³/mol. The van der Waals surface area contributed by atoms with Gasteiger partial charge in [0.25, 0.3) is 5.56 Å². The number of nitrogens with zero attached hydrogens (tertiary/aromatic N) is 1. The van der Waals surface area contributed by atoms with Crippen molar-refractivity contribution >= 4 is 0 Å². The normalized spacial score (nSPS) is 10.9. The summed E-state index contributed by atoms with van der Waals surface area (Å²) in [6.07, 6.45) is 9.40. The maximum Gasteiger partial charge on any atom is 0.331 e. The molecule has 1 heterocycles. The summed E-state index contributed by atoms with van der Waals surface area (Å²) in [4.78, 5) is 25.1. The van der Waals surface area contributed by atoms with E-state index in [9.17, 15) is 14.7 Å². The van der Waals surface area contributed by atoms with Crippen LogP contribution in [-0.2, 0) is 6.54 Å². The van der Waals surface area contributed by atoms with E-state index in [-0.39, 0.29) is 11.4 Å². The van der Waals surface area contributed by atoms with E-state index < -0.39 is 11.2 Å². The Hall–Kier alpha value is -1.52. The zero-order chi connectivity index (χ0) is 15.0. The maximum atomic E-state index is 11.6. The van der Waals surface area contributed by atoms with Gasteiger partial charge in [0.1, 0.15) is 0 Å². The lowest BCUT2D eigenvalue weighted by molar-refractivity contribution is 0.388. The zero-order valence-electron chi connectivity index (χ0n) is 12.6. The van der Waals surface area contributed by atoms with Gasteiger partial charge in [-0.05, 0) is 13.3 Å². The first-order chi connectivity index (χ1) is 9.57. The van der Waals surface area contributed by atoms with E-state index in [1.807, 2.05) is 0 Å². The van der Waals surface area contributed by atoms with Gasteiger partial charge >= 0.3 is 5.69 Å². The Morgan fingerprint density at radius 3 is 2.15 bits per heavy atom. The maximum absolute atomic E-state index is 11.6. The monoisotopic (exact) mass is 282 g/mol. The molecule has 0 bridgehead atoms. The lowest BCUT2D eigenvalue weighted by atomic mass is 10.1. The molecule has 0 saturated heterocycles. The zero-order valence-corrected chi connectivity index (χ0v) is 12.6. The van der Waals surface area contributed by atoms with Crippen molar-refractivity contribution in [1.29, 1.82) is 0 Å². The average Bonchev–Trinajstić information content (AvgIpc) is 2.42. The summed E-state index contributed by atoms with van der Waals surface area (Å²) in [6, 6.07) is 0. The Bertz CT molecular complexity index is 517. The van der Waals surface area contributed by atoms with Gasteiger partial charge in [0, 0.05) is 6.54 Å².